The summed E-state index contributed by atoms with van der Waals surface area (Å²) in [5.74, 6) is -0.905. The highest BCUT2D eigenvalue weighted by Crippen LogP contribution is 2.42. The second-order valence-electron chi connectivity index (χ2n) is 8.81. The number of carboxylic acids is 1. The fourth-order valence-corrected chi connectivity index (χ4v) is 5.36. The Morgan fingerprint density at radius 3 is 2.30 bits per heavy atom. The lowest BCUT2D eigenvalue weighted by Crippen LogP contribution is -2.28. The van der Waals surface area contributed by atoms with E-state index < -0.39 is 5.97 Å². The van der Waals surface area contributed by atoms with E-state index in [-0.39, 0.29) is 11.0 Å². The average molecular weight is 394 g/mol. The third-order valence-electron chi connectivity index (χ3n) is 6.68. The van der Waals surface area contributed by atoms with Crippen molar-refractivity contribution in [2.75, 3.05) is 0 Å². The number of benzene rings is 4. The van der Waals surface area contributed by atoms with Crippen LogP contribution in [-0.2, 0) is 5.41 Å². The minimum Gasteiger partial charge on any atom is -0.478 e. The number of aromatic carboxylic acids is 1. The minimum atomic E-state index is -0.905. The summed E-state index contributed by atoms with van der Waals surface area (Å²) in [6.45, 7) is 8.12. The molecule has 1 aliphatic carbocycles. The Hall–Kier alpha value is -3.66. The number of carboxylic acid groups (broad SMARTS) is 1. The van der Waals surface area contributed by atoms with Gasteiger partial charge in [-0.05, 0) is 67.7 Å². The van der Waals surface area contributed by atoms with E-state index in [0.717, 1.165) is 54.9 Å². The van der Waals surface area contributed by atoms with Crippen LogP contribution in [0.2, 0.25) is 0 Å². The number of fused-ring (bicyclic) bond motifs is 2. The molecule has 4 aromatic carbocycles. The van der Waals surface area contributed by atoms with E-state index in [1.165, 1.54) is 0 Å². The Balaban J connectivity index is 2.02. The quantitative estimate of drug-likeness (QED) is 0.341. The largest absolute Gasteiger partial charge is 0.478 e. The Morgan fingerprint density at radius 2 is 1.53 bits per heavy atom. The monoisotopic (exact) mass is 394 g/mol. The zero-order valence-corrected chi connectivity index (χ0v) is 16.6. The molecule has 0 spiro atoms. The molecule has 1 aromatic heterocycles. The van der Waals surface area contributed by atoms with Gasteiger partial charge in [-0.3, -0.25) is 0 Å². The summed E-state index contributed by atoms with van der Waals surface area (Å²) in [5, 5.41) is 18.2. The molecule has 5 aromatic rings. The highest BCUT2D eigenvalue weighted by atomic mass is 16.4. The van der Waals surface area contributed by atoms with Crippen molar-refractivity contribution in [1.29, 1.82) is 0 Å². The first-order chi connectivity index (χ1) is 14.3. The first-order valence-corrected chi connectivity index (χ1v) is 9.93. The van der Waals surface area contributed by atoms with Crippen LogP contribution in [-0.4, -0.2) is 11.1 Å². The second-order valence-corrected chi connectivity index (χ2v) is 8.81. The van der Waals surface area contributed by atoms with E-state index in [0.29, 0.717) is 16.4 Å². The molecule has 146 valence electrons. The van der Waals surface area contributed by atoms with Crippen LogP contribution < -0.4 is 16.3 Å². The summed E-state index contributed by atoms with van der Waals surface area (Å²) in [6, 6.07) is 11.4. The SMILES string of the molecule is C=c1oc(=O)c2ccc3c4c5c(c(C(=O)O)ccc5c5ccc1c2c35)C(C)(C)CC=4. The van der Waals surface area contributed by atoms with Gasteiger partial charge in [-0.15, -0.1) is 0 Å². The van der Waals surface area contributed by atoms with Gasteiger partial charge in [0.25, 0.3) is 0 Å². The van der Waals surface area contributed by atoms with Crippen molar-refractivity contribution in [2.24, 2.45) is 0 Å². The lowest BCUT2D eigenvalue weighted by atomic mass is 9.72. The van der Waals surface area contributed by atoms with Crippen molar-refractivity contribution >= 4 is 61.7 Å². The van der Waals surface area contributed by atoms with Crippen LogP contribution in [0.25, 0.3) is 55.7 Å². The Morgan fingerprint density at radius 1 is 0.933 bits per heavy atom. The molecule has 4 nitrogen and oxygen atoms in total. The molecule has 0 fully saturated rings. The molecule has 0 saturated carbocycles. The third-order valence-corrected chi connectivity index (χ3v) is 6.68. The Kier molecular flexibility index (Phi) is 3.03. The zero-order chi connectivity index (χ0) is 20.9. The van der Waals surface area contributed by atoms with Crippen molar-refractivity contribution in [1.82, 2.24) is 0 Å². The molecule has 0 bridgehead atoms. The topological polar surface area (TPSA) is 67.5 Å². The maximum Gasteiger partial charge on any atom is 0.344 e. The smallest absolute Gasteiger partial charge is 0.344 e. The fraction of sp³-hybridized carbons (Fsp3) is 0.154. The van der Waals surface area contributed by atoms with Crippen LogP contribution in [0.5, 0.6) is 0 Å². The molecular formula is C26H18O4. The van der Waals surface area contributed by atoms with Crippen molar-refractivity contribution in [3.05, 3.63) is 68.6 Å². The van der Waals surface area contributed by atoms with Gasteiger partial charge in [-0.1, -0.05) is 44.7 Å². The molecule has 0 aliphatic heterocycles. The van der Waals surface area contributed by atoms with Gasteiger partial charge in [-0.2, -0.15) is 0 Å². The third kappa shape index (κ3) is 1.91. The molecule has 0 saturated heterocycles. The molecule has 1 N–H and O–H groups in total. The molecule has 1 aliphatic rings. The lowest BCUT2D eigenvalue weighted by molar-refractivity contribution is 0.0694. The highest BCUT2D eigenvalue weighted by molar-refractivity contribution is 6.29. The Bertz CT molecular complexity index is 1720. The molecule has 30 heavy (non-hydrogen) atoms. The van der Waals surface area contributed by atoms with E-state index in [1.807, 2.05) is 30.3 Å². The second kappa shape index (κ2) is 5.28. The predicted molar refractivity (Wildman–Crippen MR) is 120 cm³/mol. The van der Waals surface area contributed by atoms with Gasteiger partial charge in [0, 0.05) is 10.8 Å². The molecule has 4 heteroatoms. The number of rotatable bonds is 1. The van der Waals surface area contributed by atoms with Crippen LogP contribution in [0, 0.1) is 0 Å². The van der Waals surface area contributed by atoms with Gasteiger partial charge in [0.15, 0.2) is 0 Å². The minimum absolute atomic E-state index is 0.289. The van der Waals surface area contributed by atoms with Gasteiger partial charge < -0.3 is 9.52 Å². The molecule has 0 radical (unpaired) electrons. The predicted octanol–water partition coefficient (Wildman–Crippen LogP) is 4.26. The summed E-state index contributed by atoms with van der Waals surface area (Å²) in [5.41, 5.74) is 0.927. The summed E-state index contributed by atoms with van der Waals surface area (Å²) < 4.78 is 5.34. The molecule has 0 atom stereocenters. The molecular weight excluding hydrogens is 376 g/mol. The molecule has 6 rings (SSSR count). The van der Waals surface area contributed by atoms with E-state index in [2.05, 4.69) is 26.5 Å². The maximum atomic E-state index is 12.5. The van der Waals surface area contributed by atoms with Crippen LogP contribution in [0.1, 0.15) is 36.2 Å². The van der Waals surface area contributed by atoms with Crippen LogP contribution in [0.4, 0.5) is 0 Å². The number of hydrogen-bond acceptors (Lipinski definition) is 3. The molecule has 1 heterocycles. The van der Waals surface area contributed by atoms with Gasteiger partial charge in [0.1, 0.15) is 5.42 Å². The first kappa shape index (κ1) is 17.2. The van der Waals surface area contributed by atoms with Crippen molar-refractivity contribution < 1.29 is 14.3 Å². The van der Waals surface area contributed by atoms with E-state index in [9.17, 15) is 14.7 Å². The lowest BCUT2D eigenvalue weighted by Gasteiger charge is -2.31. The van der Waals surface area contributed by atoms with Crippen molar-refractivity contribution in [3.8, 4) is 0 Å². The normalized spacial score (nSPS) is 15.3. The standard InChI is InChI=1S/C26H18O4/c1-12-13-4-5-14-16-7-9-19(24(27)28)23-22(16)17(10-11-26(23,2)3)15-6-8-18(25(29)30-12)20(13)21(14)15/h4-10H,1,11H2,2-3H3,(H,27,28). The van der Waals surface area contributed by atoms with Crippen molar-refractivity contribution in [3.63, 3.8) is 0 Å². The van der Waals surface area contributed by atoms with Crippen LogP contribution in [0.3, 0.4) is 0 Å². The average Bonchev–Trinajstić information content (AvgIpc) is 2.71. The van der Waals surface area contributed by atoms with Gasteiger partial charge in [0.2, 0.25) is 0 Å². The van der Waals surface area contributed by atoms with E-state index in [4.69, 9.17) is 4.42 Å². The van der Waals surface area contributed by atoms with Gasteiger partial charge >= 0.3 is 11.6 Å². The molecule has 0 amide bonds. The molecule has 0 unspecified atom stereocenters. The summed E-state index contributed by atoms with van der Waals surface area (Å²) in [7, 11) is 0. The van der Waals surface area contributed by atoms with Crippen LogP contribution >= 0.6 is 0 Å². The first-order valence-electron chi connectivity index (χ1n) is 9.93. The van der Waals surface area contributed by atoms with E-state index >= 15 is 0 Å². The zero-order valence-electron chi connectivity index (χ0n) is 16.6. The number of hydrogen-bond donors (Lipinski definition) is 1. The summed E-state index contributed by atoms with van der Waals surface area (Å²) >= 11 is 0. The van der Waals surface area contributed by atoms with Gasteiger partial charge in [-0.25, -0.2) is 9.59 Å². The number of carbonyl (C=O) groups is 1. The van der Waals surface area contributed by atoms with Crippen LogP contribution in [0.15, 0.2) is 45.6 Å². The summed E-state index contributed by atoms with van der Waals surface area (Å²) in [4.78, 5) is 24.6. The van der Waals surface area contributed by atoms with E-state index in [1.54, 1.807) is 6.07 Å². The van der Waals surface area contributed by atoms with Gasteiger partial charge in [0.05, 0.1) is 10.9 Å². The van der Waals surface area contributed by atoms with Crippen molar-refractivity contribution in [2.45, 2.75) is 25.7 Å². The fourth-order valence-electron chi connectivity index (χ4n) is 5.36. The maximum absolute atomic E-state index is 12.5. The highest BCUT2D eigenvalue weighted by Gasteiger charge is 2.31. The Labute approximate surface area is 170 Å². The summed E-state index contributed by atoms with van der Waals surface area (Å²) in [6.07, 6.45) is 2.95.